The molecule has 0 amide bonds. The fourth-order valence-corrected chi connectivity index (χ4v) is 2.28. The molecule has 66 valence electrons. The lowest BCUT2D eigenvalue weighted by atomic mass is 10.2. The highest BCUT2D eigenvalue weighted by molar-refractivity contribution is 9.10. The van der Waals surface area contributed by atoms with Crippen LogP contribution < -0.4 is 5.32 Å². The van der Waals surface area contributed by atoms with Crippen LogP contribution in [0.5, 0.6) is 0 Å². The lowest BCUT2D eigenvalue weighted by molar-refractivity contribution is 0.605. The van der Waals surface area contributed by atoms with Gasteiger partial charge in [0.15, 0.2) is 0 Å². The molecule has 1 aromatic heterocycles. The van der Waals surface area contributed by atoms with Gasteiger partial charge in [0, 0.05) is 13.2 Å². The van der Waals surface area contributed by atoms with E-state index in [0.29, 0.717) is 6.04 Å². The Morgan fingerprint density at radius 3 is 3.08 bits per heavy atom. The van der Waals surface area contributed by atoms with E-state index in [9.17, 15) is 0 Å². The van der Waals surface area contributed by atoms with Crippen LogP contribution in [0, 0.1) is 0 Å². The summed E-state index contributed by atoms with van der Waals surface area (Å²) in [6.45, 7) is 1.12. The molecule has 0 spiro atoms. The normalized spacial score (nSPS) is 23.3. The second kappa shape index (κ2) is 3.18. The predicted octanol–water partition coefficient (Wildman–Crippen LogP) is 1.61. The standard InChI is InChI=1S/C8H12BrN3/c1-12-5-6(9)8(11-12)7-3-2-4-10-7/h5,7,10H,2-4H2,1H3/t7-/m1/s1. The van der Waals surface area contributed by atoms with Crippen LogP contribution in [0.1, 0.15) is 24.6 Å². The Labute approximate surface area is 80.3 Å². The minimum atomic E-state index is 0.459. The van der Waals surface area contributed by atoms with Gasteiger partial charge in [0.25, 0.3) is 0 Å². The Morgan fingerprint density at radius 2 is 2.58 bits per heavy atom. The molecular weight excluding hydrogens is 218 g/mol. The van der Waals surface area contributed by atoms with Gasteiger partial charge < -0.3 is 5.32 Å². The average Bonchev–Trinajstić information content (AvgIpc) is 2.58. The Morgan fingerprint density at radius 1 is 1.75 bits per heavy atom. The van der Waals surface area contributed by atoms with Crippen molar-refractivity contribution in [2.45, 2.75) is 18.9 Å². The van der Waals surface area contributed by atoms with Gasteiger partial charge in [-0.1, -0.05) is 0 Å². The number of nitrogens with zero attached hydrogens (tertiary/aromatic N) is 2. The Bertz CT molecular complexity index is 276. The first-order valence-corrected chi connectivity index (χ1v) is 4.99. The first kappa shape index (κ1) is 8.26. The van der Waals surface area contributed by atoms with Crippen LogP contribution in [0.4, 0.5) is 0 Å². The van der Waals surface area contributed by atoms with E-state index in [1.165, 1.54) is 12.8 Å². The molecular formula is C8H12BrN3. The van der Waals surface area contributed by atoms with Crippen LogP contribution in [0.15, 0.2) is 10.7 Å². The number of aromatic nitrogens is 2. The van der Waals surface area contributed by atoms with E-state index in [0.717, 1.165) is 16.7 Å². The van der Waals surface area contributed by atoms with Crippen molar-refractivity contribution in [3.05, 3.63) is 16.4 Å². The van der Waals surface area contributed by atoms with Crippen molar-refractivity contribution in [3.63, 3.8) is 0 Å². The zero-order chi connectivity index (χ0) is 8.55. The fourth-order valence-electron chi connectivity index (χ4n) is 1.63. The number of hydrogen-bond acceptors (Lipinski definition) is 2. The van der Waals surface area contributed by atoms with Crippen molar-refractivity contribution in [2.24, 2.45) is 7.05 Å². The highest BCUT2D eigenvalue weighted by Crippen LogP contribution is 2.27. The van der Waals surface area contributed by atoms with E-state index in [2.05, 4.69) is 26.3 Å². The Hall–Kier alpha value is -0.350. The first-order chi connectivity index (χ1) is 5.77. The quantitative estimate of drug-likeness (QED) is 0.794. The molecule has 1 saturated heterocycles. The van der Waals surface area contributed by atoms with Gasteiger partial charge in [-0.3, -0.25) is 4.68 Å². The van der Waals surface area contributed by atoms with Crippen molar-refractivity contribution in [1.82, 2.24) is 15.1 Å². The van der Waals surface area contributed by atoms with E-state index in [4.69, 9.17) is 0 Å². The van der Waals surface area contributed by atoms with Gasteiger partial charge in [-0.15, -0.1) is 0 Å². The number of rotatable bonds is 1. The SMILES string of the molecule is Cn1cc(Br)c([C@H]2CCCN2)n1. The third-order valence-corrected chi connectivity index (χ3v) is 2.81. The van der Waals surface area contributed by atoms with Crippen LogP contribution in [0.25, 0.3) is 0 Å². The lowest BCUT2D eigenvalue weighted by Gasteiger charge is -2.05. The lowest BCUT2D eigenvalue weighted by Crippen LogP contribution is -2.14. The molecule has 2 heterocycles. The molecule has 3 nitrogen and oxygen atoms in total. The Kier molecular flexibility index (Phi) is 2.19. The Balaban J connectivity index is 2.25. The zero-order valence-corrected chi connectivity index (χ0v) is 8.63. The molecule has 0 bridgehead atoms. The van der Waals surface area contributed by atoms with Crippen molar-refractivity contribution in [3.8, 4) is 0 Å². The summed E-state index contributed by atoms with van der Waals surface area (Å²) < 4.78 is 2.96. The molecule has 2 rings (SSSR count). The third kappa shape index (κ3) is 1.41. The van der Waals surface area contributed by atoms with E-state index < -0.39 is 0 Å². The minimum Gasteiger partial charge on any atom is -0.309 e. The van der Waals surface area contributed by atoms with Gasteiger partial charge in [-0.2, -0.15) is 5.10 Å². The summed E-state index contributed by atoms with van der Waals surface area (Å²) in [4.78, 5) is 0. The largest absolute Gasteiger partial charge is 0.309 e. The molecule has 0 unspecified atom stereocenters. The summed E-state index contributed by atoms with van der Waals surface area (Å²) in [6, 6.07) is 0.459. The van der Waals surface area contributed by atoms with E-state index in [1.807, 2.05) is 17.9 Å². The van der Waals surface area contributed by atoms with Crippen molar-refractivity contribution in [1.29, 1.82) is 0 Å². The summed E-state index contributed by atoms with van der Waals surface area (Å²) in [6.07, 6.45) is 4.46. The molecule has 1 aliphatic rings. The van der Waals surface area contributed by atoms with Gasteiger partial charge >= 0.3 is 0 Å². The third-order valence-electron chi connectivity index (χ3n) is 2.20. The predicted molar refractivity (Wildman–Crippen MR) is 50.9 cm³/mol. The molecule has 0 aromatic carbocycles. The molecule has 0 aliphatic carbocycles. The highest BCUT2D eigenvalue weighted by Gasteiger charge is 2.20. The smallest absolute Gasteiger partial charge is 0.0935 e. The first-order valence-electron chi connectivity index (χ1n) is 4.20. The number of halogens is 1. The van der Waals surface area contributed by atoms with E-state index in [1.54, 1.807) is 0 Å². The molecule has 1 atom stereocenters. The van der Waals surface area contributed by atoms with Crippen molar-refractivity contribution >= 4 is 15.9 Å². The van der Waals surface area contributed by atoms with Crippen LogP contribution in [-0.4, -0.2) is 16.3 Å². The second-order valence-electron chi connectivity index (χ2n) is 3.18. The van der Waals surface area contributed by atoms with Crippen LogP contribution >= 0.6 is 15.9 Å². The molecule has 1 N–H and O–H groups in total. The summed E-state index contributed by atoms with van der Waals surface area (Å²) >= 11 is 3.50. The van der Waals surface area contributed by atoms with Crippen LogP contribution in [0.2, 0.25) is 0 Å². The molecule has 1 aliphatic heterocycles. The zero-order valence-electron chi connectivity index (χ0n) is 7.05. The van der Waals surface area contributed by atoms with Crippen molar-refractivity contribution in [2.75, 3.05) is 6.54 Å². The monoisotopic (exact) mass is 229 g/mol. The highest BCUT2D eigenvalue weighted by atomic mass is 79.9. The maximum atomic E-state index is 4.40. The second-order valence-corrected chi connectivity index (χ2v) is 4.04. The molecule has 1 fully saturated rings. The van der Waals surface area contributed by atoms with Crippen molar-refractivity contribution < 1.29 is 0 Å². The summed E-state index contributed by atoms with van der Waals surface area (Å²) in [5.74, 6) is 0. The molecule has 4 heteroatoms. The van der Waals surface area contributed by atoms with Gasteiger partial charge in [0.1, 0.15) is 0 Å². The fraction of sp³-hybridized carbons (Fsp3) is 0.625. The van der Waals surface area contributed by atoms with Gasteiger partial charge in [0.2, 0.25) is 0 Å². The number of nitrogens with one attached hydrogen (secondary N) is 1. The van der Waals surface area contributed by atoms with E-state index >= 15 is 0 Å². The summed E-state index contributed by atoms with van der Waals surface area (Å²) in [5, 5.41) is 7.82. The maximum absolute atomic E-state index is 4.40. The minimum absolute atomic E-state index is 0.459. The molecule has 0 saturated carbocycles. The van der Waals surface area contributed by atoms with E-state index in [-0.39, 0.29) is 0 Å². The molecule has 0 radical (unpaired) electrons. The molecule has 1 aromatic rings. The van der Waals surface area contributed by atoms with Gasteiger partial charge in [-0.25, -0.2) is 0 Å². The number of aryl methyl sites for hydroxylation is 1. The average molecular weight is 230 g/mol. The summed E-state index contributed by atoms with van der Waals surface area (Å²) in [7, 11) is 1.95. The van der Waals surface area contributed by atoms with Crippen LogP contribution in [-0.2, 0) is 7.05 Å². The van der Waals surface area contributed by atoms with Gasteiger partial charge in [0.05, 0.1) is 16.2 Å². The van der Waals surface area contributed by atoms with Crippen LogP contribution in [0.3, 0.4) is 0 Å². The maximum Gasteiger partial charge on any atom is 0.0935 e. The number of hydrogen-bond donors (Lipinski definition) is 1. The topological polar surface area (TPSA) is 29.9 Å². The molecule has 12 heavy (non-hydrogen) atoms. The van der Waals surface area contributed by atoms with Gasteiger partial charge in [-0.05, 0) is 35.3 Å². The summed E-state index contributed by atoms with van der Waals surface area (Å²) in [5.41, 5.74) is 1.15.